The third-order valence-electron chi connectivity index (χ3n) is 4.38. The Morgan fingerprint density at radius 2 is 1.93 bits per heavy atom. The zero-order valence-corrected chi connectivity index (χ0v) is 14.9. The molecular formula is C18H20N6O3. The van der Waals surface area contributed by atoms with E-state index in [1.54, 1.807) is 18.2 Å². The fourth-order valence-electron chi connectivity index (χ4n) is 2.82. The maximum Gasteiger partial charge on any atom is 0.271 e. The Kier molecular flexibility index (Phi) is 5.72. The molecule has 0 aliphatic carbocycles. The van der Waals surface area contributed by atoms with Crippen molar-refractivity contribution in [3.63, 3.8) is 0 Å². The summed E-state index contributed by atoms with van der Waals surface area (Å²) >= 11 is 0. The lowest BCUT2D eigenvalue weighted by atomic mass is 10.1. The van der Waals surface area contributed by atoms with Crippen molar-refractivity contribution >= 4 is 23.5 Å². The first-order valence-electron chi connectivity index (χ1n) is 8.50. The van der Waals surface area contributed by atoms with Gasteiger partial charge in [-0.15, -0.1) is 0 Å². The number of carbonyl (C=O) groups is 1. The predicted octanol–water partition coefficient (Wildman–Crippen LogP) is 1.51. The molecule has 27 heavy (non-hydrogen) atoms. The highest BCUT2D eigenvalue weighted by Crippen LogP contribution is 2.25. The second-order valence-electron chi connectivity index (χ2n) is 6.23. The predicted molar refractivity (Wildman–Crippen MR) is 102 cm³/mol. The van der Waals surface area contributed by atoms with E-state index in [9.17, 15) is 14.9 Å². The molecule has 1 aromatic carbocycles. The smallest absolute Gasteiger partial charge is 0.271 e. The number of nitrogens with one attached hydrogen (secondary N) is 1. The van der Waals surface area contributed by atoms with Crippen LogP contribution in [0.25, 0.3) is 0 Å². The van der Waals surface area contributed by atoms with Gasteiger partial charge < -0.3 is 9.80 Å². The standard InChI is InChI=1S/C18H20N6O3/c1-22-8-10-23(11-9-22)17-3-2-16(24(26)27)12-15(17)13-20-21-18(25)14-4-6-19-7-5-14/h2-7,12-13H,8-11H2,1H3,(H,21,25)/b20-13-. The van der Waals surface area contributed by atoms with Crippen molar-refractivity contribution in [2.45, 2.75) is 0 Å². The van der Waals surface area contributed by atoms with Crippen LogP contribution >= 0.6 is 0 Å². The second kappa shape index (κ2) is 8.37. The number of nitrogens with zero attached hydrogens (tertiary/aromatic N) is 5. The number of hydrogen-bond donors (Lipinski definition) is 1. The SMILES string of the molecule is CN1CCN(c2ccc([N+](=O)[O-])cc2/C=N\NC(=O)c2ccncc2)CC1. The molecule has 1 aliphatic heterocycles. The van der Waals surface area contributed by atoms with Crippen LogP contribution in [0, 0.1) is 10.1 Å². The molecule has 1 saturated heterocycles. The van der Waals surface area contributed by atoms with E-state index in [1.807, 2.05) is 0 Å². The number of hydrogen-bond acceptors (Lipinski definition) is 7. The summed E-state index contributed by atoms with van der Waals surface area (Å²) in [6.07, 6.45) is 4.48. The fraction of sp³-hybridized carbons (Fsp3) is 0.278. The lowest BCUT2D eigenvalue weighted by molar-refractivity contribution is -0.384. The molecule has 0 radical (unpaired) electrons. The maximum absolute atomic E-state index is 12.1. The highest BCUT2D eigenvalue weighted by atomic mass is 16.6. The second-order valence-corrected chi connectivity index (χ2v) is 6.23. The minimum Gasteiger partial charge on any atom is -0.368 e. The molecular weight excluding hydrogens is 348 g/mol. The molecule has 1 N–H and O–H groups in total. The van der Waals surface area contributed by atoms with Crippen LogP contribution in [-0.4, -0.2) is 60.2 Å². The first-order valence-corrected chi connectivity index (χ1v) is 8.50. The first kappa shape index (κ1) is 18.5. The molecule has 0 saturated carbocycles. The molecule has 2 heterocycles. The van der Waals surface area contributed by atoms with Gasteiger partial charge in [0, 0.05) is 67.5 Å². The minimum absolute atomic E-state index is 0.0187. The molecule has 1 amide bonds. The van der Waals surface area contributed by atoms with Gasteiger partial charge in [-0.05, 0) is 25.2 Å². The topological polar surface area (TPSA) is 104 Å². The van der Waals surface area contributed by atoms with Crippen molar-refractivity contribution in [3.05, 3.63) is 64.0 Å². The third kappa shape index (κ3) is 4.64. The number of benzene rings is 1. The van der Waals surface area contributed by atoms with Gasteiger partial charge in [-0.1, -0.05) is 0 Å². The number of carbonyl (C=O) groups excluding carboxylic acids is 1. The van der Waals surface area contributed by atoms with Gasteiger partial charge >= 0.3 is 0 Å². The number of rotatable bonds is 5. The summed E-state index contributed by atoms with van der Waals surface area (Å²) in [7, 11) is 2.06. The molecule has 1 aliphatic rings. The van der Waals surface area contributed by atoms with Gasteiger partial charge in [0.25, 0.3) is 11.6 Å². The van der Waals surface area contributed by atoms with Crippen LogP contribution in [0.15, 0.2) is 47.8 Å². The first-order chi connectivity index (χ1) is 13.0. The van der Waals surface area contributed by atoms with E-state index < -0.39 is 4.92 Å². The Hall–Kier alpha value is -3.33. The van der Waals surface area contributed by atoms with E-state index in [4.69, 9.17) is 0 Å². The maximum atomic E-state index is 12.1. The normalized spacial score (nSPS) is 15.1. The van der Waals surface area contributed by atoms with Gasteiger partial charge in [-0.3, -0.25) is 19.9 Å². The number of nitro groups is 1. The van der Waals surface area contributed by atoms with Crippen molar-refractivity contribution in [3.8, 4) is 0 Å². The molecule has 0 spiro atoms. The van der Waals surface area contributed by atoms with Crippen molar-refractivity contribution < 1.29 is 9.72 Å². The van der Waals surface area contributed by atoms with Gasteiger partial charge in [0.2, 0.25) is 0 Å². The summed E-state index contributed by atoms with van der Waals surface area (Å²) in [6, 6.07) is 7.84. The van der Waals surface area contributed by atoms with Crippen molar-refractivity contribution in [2.24, 2.45) is 5.10 Å². The monoisotopic (exact) mass is 368 g/mol. The summed E-state index contributed by atoms with van der Waals surface area (Å²) in [5, 5.41) is 15.1. The lowest BCUT2D eigenvalue weighted by Crippen LogP contribution is -2.44. The highest BCUT2D eigenvalue weighted by molar-refractivity contribution is 5.95. The number of nitro benzene ring substituents is 1. The Bertz CT molecular complexity index is 847. The summed E-state index contributed by atoms with van der Waals surface area (Å²) in [5.74, 6) is -0.375. The van der Waals surface area contributed by atoms with E-state index in [0.717, 1.165) is 31.9 Å². The molecule has 140 valence electrons. The molecule has 2 aromatic rings. The van der Waals surface area contributed by atoms with Crippen molar-refractivity contribution in [1.82, 2.24) is 15.3 Å². The highest BCUT2D eigenvalue weighted by Gasteiger charge is 2.18. The van der Waals surface area contributed by atoms with Crippen LogP contribution in [0.3, 0.4) is 0 Å². The molecule has 3 rings (SSSR count). The van der Waals surface area contributed by atoms with Crippen LogP contribution in [0.4, 0.5) is 11.4 Å². The number of non-ortho nitro benzene ring substituents is 1. The van der Waals surface area contributed by atoms with E-state index in [2.05, 4.69) is 32.4 Å². The van der Waals surface area contributed by atoms with Crippen LogP contribution in [0.5, 0.6) is 0 Å². The number of anilines is 1. The number of hydrazone groups is 1. The zero-order chi connectivity index (χ0) is 19.2. The van der Waals surface area contributed by atoms with Crippen LogP contribution in [-0.2, 0) is 0 Å². The lowest BCUT2D eigenvalue weighted by Gasteiger charge is -2.34. The number of pyridine rings is 1. The molecule has 9 heteroatoms. The molecule has 0 bridgehead atoms. The molecule has 9 nitrogen and oxygen atoms in total. The molecule has 0 atom stereocenters. The Morgan fingerprint density at radius 1 is 1.22 bits per heavy atom. The number of piperazine rings is 1. The summed E-state index contributed by atoms with van der Waals surface area (Å²) in [6.45, 7) is 3.45. The quantitative estimate of drug-likeness (QED) is 0.487. The average Bonchev–Trinajstić information content (AvgIpc) is 2.69. The van der Waals surface area contributed by atoms with Gasteiger partial charge in [0.1, 0.15) is 0 Å². The van der Waals surface area contributed by atoms with Crippen LogP contribution in [0.1, 0.15) is 15.9 Å². The van der Waals surface area contributed by atoms with Gasteiger partial charge in [0.05, 0.1) is 11.1 Å². The summed E-state index contributed by atoms with van der Waals surface area (Å²) in [5.41, 5.74) is 4.30. The molecule has 0 unspecified atom stereocenters. The Labute approximate surface area is 156 Å². The average molecular weight is 368 g/mol. The van der Waals surface area contributed by atoms with E-state index >= 15 is 0 Å². The van der Waals surface area contributed by atoms with Gasteiger partial charge in [-0.25, -0.2) is 5.43 Å². The Balaban J connectivity index is 1.80. The van der Waals surface area contributed by atoms with E-state index in [1.165, 1.54) is 30.7 Å². The van der Waals surface area contributed by atoms with E-state index in [-0.39, 0.29) is 11.6 Å². The van der Waals surface area contributed by atoms with Crippen molar-refractivity contribution in [1.29, 1.82) is 0 Å². The number of amides is 1. The van der Waals surface area contributed by atoms with E-state index in [0.29, 0.717) is 11.1 Å². The molecule has 1 aromatic heterocycles. The largest absolute Gasteiger partial charge is 0.368 e. The number of likely N-dealkylation sites (N-methyl/N-ethyl adjacent to an activating group) is 1. The Morgan fingerprint density at radius 3 is 2.59 bits per heavy atom. The minimum atomic E-state index is -0.444. The summed E-state index contributed by atoms with van der Waals surface area (Å²) in [4.78, 5) is 31.0. The third-order valence-corrected chi connectivity index (χ3v) is 4.38. The number of aromatic nitrogens is 1. The van der Waals surface area contributed by atoms with Gasteiger partial charge in [0.15, 0.2) is 0 Å². The van der Waals surface area contributed by atoms with Crippen molar-refractivity contribution in [2.75, 3.05) is 38.1 Å². The van der Waals surface area contributed by atoms with Crippen LogP contribution in [0.2, 0.25) is 0 Å². The van der Waals surface area contributed by atoms with Gasteiger partial charge in [-0.2, -0.15) is 5.10 Å². The molecule has 1 fully saturated rings. The van der Waals surface area contributed by atoms with Crippen LogP contribution < -0.4 is 10.3 Å². The zero-order valence-electron chi connectivity index (χ0n) is 14.9. The summed E-state index contributed by atoms with van der Waals surface area (Å²) < 4.78 is 0. The fourth-order valence-corrected chi connectivity index (χ4v) is 2.82.